The average molecular weight is 291 g/mol. The summed E-state index contributed by atoms with van der Waals surface area (Å²) in [6, 6.07) is 6.11. The molecule has 1 atom stereocenters. The molecule has 0 saturated heterocycles. The Morgan fingerprint density at radius 3 is 2.81 bits per heavy atom. The van der Waals surface area contributed by atoms with Crippen molar-refractivity contribution in [2.24, 2.45) is 0 Å². The summed E-state index contributed by atoms with van der Waals surface area (Å²) < 4.78 is 11.1. The second-order valence-corrected chi connectivity index (χ2v) is 5.55. The largest absolute Gasteiger partial charge is 0.486 e. The maximum atomic E-state index is 11.6. The molecule has 4 nitrogen and oxygen atoms in total. The van der Waals surface area contributed by atoms with Crippen molar-refractivity contribution in [1.82, 2.24) is 5.32 Å². The monoisotopic (exact) mass is 291 g/mol. The Morgan fingerprint density at radius 1 is 1.29 bits per heavy atom. The lowest BCUT2D eigenvalue weighted by atomic mass is 9.97. The van der Waals surface area contributed by atoms with E-state index in [1.165, 1.54) is 5.56 Å². The molecule has 0 spiro atoms. The molecule has 1 heterocycles. The van der Waals surface area contributed by atoms with Crippen LogP contribution in [0.2, 0.25) is 0 Å². The van der Waals surface area contributed by atoms with Crippen LogP contribution in [0.25, 0.3) is 0 Å². The molecule has 2 rings (SSSR count). The summed E-state index contributed by atoms with van der Waals surface area (Å²) in [5.41, 5.74) is 1.22. The normalized spacial score (nSPS) is 14.6. The van der Waals surface area contributed by atoms with Crippen LogP contribution in [-0.4, -0.2) is 25.7 Å². The fourth-order valence-corrected chi connectivity index (χ4v) is 2.39. The van der Waals surface area contributed by atoms with Crippen molar-refractivity contribution in [2.75, 3.05) is 19.8 Å². The summed E-state index contributed by atoms with van der Waals surface area (Å²) in [5.74, 6) is 2.20. The van der Waals surface area contributed by atoms with E-state index in [0.29, 0.717) is 25.6 Å². The molecule has 1 unspecified atom stereocenters. The molecule has 1 aromatic carbocycles. The third-order valence-corrected chi connectivity index (χ3v) is 3.79. The minimum Gasteiger partial charge on any atom is -0.486 e. The minimum atomic E-state index is 0.159. The third kappa shape index (κ3) is 4.66. The quantitative estimate of drug-likeness (QED) is 0.839. The molecule has 1 aromatic rings. The molecule has 0 fully saturated rings. The molecule has 1 aliphatic heterocycles. The van der Waals surface area contributed by atoms with Gasteiger partial charge in [-0.05, 0) is 36.5 Å². The number of amides is 1. The predicted octanol–water partition coefficient (Wildman–Crippen LogP) is 3.26. The lowest BCUT2D eigenvalue weighted by molar-refractivity contribution is -0.121. The van der Waals surface area contributed by atoms with Gasteiger partial charge in [0.15, 0.2) is 11.5 Å². The second-order valence-electron chi connectivity index (χ2n) is 5.55. The predicted molar refractivity (Wildman–Crippen MR) is 83.0 cm³/mol. The van der Waals surface area contributed by atoms with Gasteiger partial charge < -0.3 is 14.8 Å². The number of nitrogens with one attached hydrogen (secondary N) is 1. The highest BCUT2D eigenvalue weighted by molar-refractivity contribution is 5.75. The summed E-state index contributed by atoms with van der Waals surface area (Å²) in [6.07, 6.45) is 3.58. The maximum absolute atomic E-state index is 11.6. The number of hydrogen-bond donors (Lipinski definition) is 1. The number of rotatable bonds is 7. The number of fused-ring (bicyclic) bond motifs is 1. The second kappa shape index (κ2) is 7.91. The Morgan fingerprint density at radius 2 is 2.05 bits per heavy atom. The highest BCUT2D eigenvalue weighted by atomic mass is 16.6. The van der Waals surface area contributed by atoms with Crippen LogP contribution in [0.3, 0.4) is 0 Å². The first-order valence-electron chi connectivity index (χ1n) is 7.87. The lowest BCUT2D eigenvalue weighted by Crippen LogP contribution is -2.25. The van der Waals surface area contributed by atoms with Crippen molar-refractivity contribution >= 4 is 5.91 Å². The fraction of sp³-hybridized carbons (Fsp3) is 0.588. The van der Waals surface area contributed by atoms with Crippen molar-refractivity contribution in [2.45, 2.75) is 45.4 Å². The number of hydrogen-bond acceptors (Lipinski definition) is 3. The van der Waals surface area contributed by atoms with Crippen LogP contribution in [0.15, 0.2) is 18.2 Å². The third-order valence-electron chi connectivity index (χ3n) is 3.79. The van der Waals surface area contributed by atoms with Crippen LogP contribution in [0.1, 0.15) is 51.0 Å². The van der Waals surface area contributed by atoms with Crippen LogP contribution >= 0.6 is 0 Å². The SMILES string of the molecule is CCCCC(=O)NCCC(C)c1ccc2c(c1)OCCO2. The summed E-state index contributed by atoms with van der Waals surface area (Å²) in [4.78, 5) is 11.6. The molecule has 1 aliphatic rings. The number of carbonyl (C=O) groups is 1. The Labute approximate surface area is 126 Å². The molecule has 0 aliphatic carbocycles. The van der Waals surface area contributed by atoms with Gasteiger partial charge in [-0.3, -0.25) is 4.79 Å². The Bertz CT molecular complexity index is 473. The van der Waals surface area contributed by atoms with Crippen LogP contribution in [0.5, 0.6) is 11.5 Å². The Balaban J connectivity index is 1.80. The number of ether oxygens (including phenoxy) is 2. The maximum Gasteiger partial charge on any atom is 0.219 e. The van der Waals surface area contributed by atoms with E-state index in [9.17, 15) is 4.79 Å². The van der Waals surface area contributed by atoms with Gasteiger partial charge in [0, 0.05) is 13.0 Å². The molecule has 1 amide bonds. The van der Waals surface area contributed by atoms with Gasteiger partial charge in [0.2, 0.25) is 5.91 Å². The van der Waals surface area contributed by atoms with Crippen LogP contribution in [0, 0.1) is 0 Å². The van der Waals surface area contributed by atoms with Gasteiger partial charge in [0.1, 0.15) is 13.2 Å². The van der Waals surface area contributed by atoms with Gasteiger partial charge in [-0.25, -0.2) is 0 Å². The van der Waals surface area contributed by atoms with Gasteiger partial charge in [-0.1, -0.05) is 26.3 Å². The Hall–Kier alpha value is -1.71. The van der Waals surface area contributed by atoms with Gasteiger partial charge in [-0.2, -0.15) is 0 Å². The van der Waals surface area contributed by atoms with Gasteiger partial charge in [0.05, 0.1) is 0 Å². The van der Waals surface area contributed by atoms with Gasteiger partial charge in [-0.15, -0.1) is 0 Å². The van der Waals surface area contributed by atoms with Crippen LogP contribution < -0.4 is 14.8 Å². The number of carbonyl (C=O) groups excluding carboxylic acids is 1. The lowest BCUT2D eigenvalue weighted by Gasteiger charge is -2.20. The zero-order valence-corrected chi connectivity index (χ0v) is 13.0. The molecule has 0 aromatic heterocycles. The number of unbranched alkanes of at least 4 members (excludes halogenated alkanes) is 1. The van der Waals surface area contributed by atoms with E-state index in [1.807, 2.05) is 6.07 Å². The van der Waals surface area contributed by atoms with Crippen LogP contribution in [0.4, 0.5) is 0 Å². The molecule has 21 heavy (non-hydrogen) atoms. The summed E-state index contributed by atoms with van der Waals surface area (Å²) in [7, 11) is 0. The van der Waals surface area contributed by atoms with Crippen molar-refractivity contribution in [3.8, 4) is 11.5 Å². The first-order valence-corrected chi connectivity index (χ1v) is 7.87. The van der Waals surface area contributed by atoms with E-state index >= 15 is 0 Å². The zero-order chi connectivity index (χ0) is 15.1. The van der Waals surface area contributed by atoms with E-state index in [2.05, 4.69) is 31.3 Å². The number of benzene rings is 1. The first kappa shape index (κ1) is 15.7. The highest BCUT2D eigenvalue weighted by Gasteiger charge is 2.14. The van der Waals surface area contributed by atoms with Crippen LogP contribution in [-0.2, 0) is 4.79 Å². The summed E-state index contributed by atoms with van der Waals surface area (Å²) in [5, 5.41) is 2.99. The molecule has 0 radical (unpaired) electrons. The van der Waals surface area contributed by atoms with Gasteiger partial charge in [0.25, 0.3) is 0 Å². The van der Waals surface area contributed by atoms with Crippen molar-refractivity contribution in [3.05, 3.63) is 23.8 Å². The molecule has 0 saturated carbocycles. The van der Waals surface area contributed by atoms with Gasteiger partial charge >= 0.3 is 0 Å². The highest BCUT2D eigenvalue weighted by Crippen LogP contribution is 2.33. The zero-order valence-electron chi connectivity index (χ0n) is 13.0. The smallest absolute Gasteiger partial charge is 0.219 e. The van der Waals surface area contributed by atoms with E-state index in [1.54, 1.807) is 0 Å². The van der Waals surface area contributed by atoms with E-state index in [4.69, 9.17) is 9.47 Å². The summed E-state index contributed by atoms with van der Waals surface area (Å²) in [6.45, 7) is 6.21. The average Bonchev–Trinajstić information content (AvgIpc) is 2.52. The molecular formula is C17H25NO3. The van der Waals surface area contributed by atoms with Crippen molar-refractivity contribution in [3.63, 3.8) is 0 Å². The van der Waals surface area contributed by atoms with E-state index < -0.39 is 0 Å². The van der Waals surface area contributed by atoms with Crippen molar-refractivity contribution in [1.29, 1.82) is 0 Å². The first-order chi connectivity index (χ1) is 10.2. The minimum absolute atomic E-state index is 0.159. The van der Waals surface area contributed by atoms with E-state index in [0.717, 1.165) is 37.3 Å². The van der Waals surface area contributed by atoms with Crippen molar-refractivity contribution < 1.29 is 14.3 Å². The Kier molecular flexibility index (Phi) is 5.90. The molecule has 1 N–H and O–H groups in total. The molecule has 116 valence electrons. The molecule has 4 heteroatoms. The summed E-state index contributed by atoms with van der Waals surface area (Å²) >= 11 is 0. The topological polar surface area (TPSA) is 47.6 Å². The molecular weight excluding hydrogens is 266 g/mol. The fourth-order valence-electron chi connectivity index (χ4n) is 2.39. The standard InChI is InChI=1S/C17H25NO3/c1-3-4-5-17(19)18-9-8-13(2)14-6-7-15-16(12-14)21-11-10-20-15/h6-7,12-13H,3-5,8-11H2,1-2H3,(H,18,19). The molecule has 0 bridgehead atoms. The van der Waals surface area contributed by atoms with E-state index in [-0.39, 0.29) is 5.91 Å².